The van der Waals surface area contributed by atoms with Crippen molar-refractivity contribution in [1.29, 1.82) is 0 Å². The first-order valence-corrected chi connectivity index (χ1v) is 9.71. The minimum Gasteiger partial charge on any atom is -0.368 e. The largest absolute Gasteiger partial charge is 0.368 e. The van der Waals surface area contributed by atoms with Gasteiger partial charge in [0.2, 0.25) is 5.91 Å². The molecule has 0 aromatic carbocycles. The van der Waals surface area contributed by atoms with Crippen molar-refractivity contribution in [1.82, 2.24) is 19.3 Å². The predicted molar refractivity (Wildman–Crippen MR) is 108 cm³/mol. The first kappa shape index (κ1) is 18.9. The number of hydrogen-bond donors (Lipinski definition) is 0. The van der Waals surface area contributed by atoms with Gasteiger partial charge in [-0.3, -0.25) is 9.20 Å². The Labute approximate surface area is 169 Å². The van der Waals surface area contributed by atoms with Gasteiger partial charge in [0.15, 0.2) is 0 Å². The van der Waals surface area contributed by atoms with Crippen LogP contribution in [-0.4, -0.2) is 44.9 Å². The number of hydrogen-bond acceptors (Lipinski definition) is 4. The molecule has 146 valence electrons. The Bertz CT molecular complexity index is 1020. The molecule has 1 fully saturated rings. The van der Waals surface area contributed by atoms with Crippen LogP contribution >= 0.6 is 11.6 Å². The molecule has 7 heteroatoms. The predicted octanol–water partition coefficient (Wildman–Crippen LogP) is 4.00. The quantitative estimate of drug-likeness (QED) is 0.654. The molecular formula is C21H23ClN4O2. The molecule has 1 saturated heterocycles. The molecule has 0 N–H and O–H groups in total. The van der Waals surface area contributed by atoms with Crippen molar-refractivity contribution >= 4 is 23.2 Å². The van der Waals surface area contributed by atoms with Crippen molar-refractivity contribution in [2.45, 2.75) is 26.9 Å². The summed E-state index contributed by atoms with van der Waals surface area (Å²) < 4.78 is 7.86. The lowest BCUT2D eigenvalue weighted by Gasteiger charge is -2.36. The fourth-order valence-electron chi connectivity index (χ4n) is 3.40. The normalized spacial score (nSPS) is 17.9. The van der Waals surface area contributed by atoms with Crippen molar-refractivity contribution in [3.05, 3.63) is 53.4 Å². The number of halogens is 1. The van der Waals surface area contributed by atoms with Gasteiger partial charge in [-0.2, -0.15) is 0 Å². The number of nitrogens with zero attached hydrogens (tertiary/aromatic N) is 4. The van der Waals surface area contributed by atoms with Gasteiger partial charge < -0.3 is 9.64 Å². The molecule has 0 spiro atoms. The SMILES string of the molecule is CC(C)(C)C(=O)N1CCO[C@H](c2cccc(-c3cnc4ccc(Cl)cn34)n2)C1. The first-order chi connectivity index (χ1) is 13.3. The number of pyridine rings is 2. The third-order valence-corrected chi connectivity index (χ3v) is 5.05. The Morgan fingerprint density at radius 3 is 2.86 bits per heavy atom. The zero-order valence-electron chi connectivity index (χ0n) is 16.2. The molecule has 1 aliphatic rings. The minimum absolute atomic E-state index is 0.133. The molecule has 1 atom stereocenters. The van der Waals surface area contributed by atoms with E-state index in [4.69, 9.17) is 21.3 Å². The Balaban J connectivity index is 1.63. The Morgan fingerprint density at radius 2 is 2.07 bits per heavy atom. The molecule has 6 nitrogen and oxygen atoms in total. The Morgan fingerprint density at radius 1 is 1.25 bits per heavy atom. The van der Waals surface area contributed by atoms with Gasteiger partial charge in [0.05, 0.1) is 41.5 Å². The number of amides is 1. The van der Waals surface area contributed by atoms with Crippen LogP contribution in [0.25, 0.3) is 17.0 Å². The van der Waals surface area contributed by atoms with Gasteiger partial charge in [-0.05, 0) is 24.3 Å². The number of aromatic nitrogens is 3. The van der Waals surface area contributed by atoms with Crippen molar-refractivity contribution in [2.75, 3.05) is 19.7 Å². The Kier molecular flexibility index (Phi) is 4.85. The lowest BCUT2D eigenvalue weighted by atomic mass is 9.94. The topological polar surface area (TPSA) is 59.7 Å². The van der Waals surface area contributed by atoms with Gasteiger partial charge in [-0.25, -0.2) is 9.97 Å². The maximum absolute atomic E-state index is 12.7. The number of carbonyl (C=O) groups is 1. The summed E-state index contributed by atoms with van der Waals surface area (Å²) in [6, 6.07) is 9.52. The summed E-state index contributed by atoms with van der Waals surface area (Å²) >= 11 is 6.14. The average molecular weight is 399 g/mol. The van der Waals surface area contributed by atoms with Crippen LogP contribution in [-0.2, 0) is 9.53 Å². The molecule has 1 aliphatic heterocycles. The van der Waals surface area contributed by atoms with E-state index in [0.29, 0.717) is 24.7 Å². The number of ether oxygens (including phenoxy) is 1. The molecular weight excluding hydrogens is 376 g/mol. The van der Waals surface area contributed by atoms with Gasteiger partial charge in [-0.1, -0.05) is 38.4 Å². The summed E-state index contributed by atoms with van der Waals surface area (Å²) in [5.41, 5.74) is 2.85. The Hall–Kier alpha value is -2.44. The summed E-state index contributed by atoms with van der Waals surface area (Å²) in [7, 11) is 0. The average Bonchev–Trinajstić information content (AvgIpc) is 3.10. The van der Waals surface area contributed by atoms with Gasteiger partial charge in [-0.15, -0.1) is 0 Å². The van der Waals surface area contributed by atoms with E-state index in [2.05, 4.69) is 4.98 Å². The van der Waals surface area contributed by atoms with Crippen molar-refractivity contribution in [3.8, 4) is 11.4 Å². The van der Waals surface area contributed by atoms with Crippen LogP contribution in [0.1, 0.15) is 32.6 Å². The highest BCUT2D eigenvalue weighted by Gasteiger charge is 2.32. The van der Waals surface area contributed by atoms with E-state index in [1.807, 2.05) is 66.6 Å². The molecule has 0 radical (unpaired) electrons. The molecule has 1 amide bonds. The van der Waals surface area contributed by atoms with E-state index < -0.39 is 5.41 Å². The van der Waals surface area contributed by atoms with Crippen LogP contribution in [0.4, 0.5) is 0 Å². The van der Waals surface area contributed by atoms with Crippen LogP contribution in [0.3, 0.4) is 0 Å². The number of fused-ring (bicyclic) bond motifs is 1. The van der Waals surface area contributed by atoms with Crippen molar-refractivity contribution in [2.24, 2.45) is 5.41 Å². The molecule has 4 heterocycles. The highest BCUT2D eigenvalue weighted by Crippen LogP contribution is 2.27. The fraction of sp³-hybridized carbons (Fsp3) is 0.381. The second kappa shape index (κ2) is 7.18. The monoisotopic (exact) mass is 398 g/mol. The van der Waals surface area contributed by atoms with Crippen LogP contribution in [0, 0.1) is 5.41 Å². The molecule has 0 aliphatic carbocycles. The standard InChI is InChI=1S/C21H23ClN4O2/c1-21(2,3)20(27)25-9-10-28-18(13-25)16-6-4-5-15(24-16)17-11-23-19-8-7-14(22)12-26(17)19/h4-8,11-12,18H,9-10,13H2,1-3H3/t18-/m0/s1. The van der Waals surface area contributed by atoms with Gasteiger partial charge in [0.25, 0.3) is 0 Å². The molecule has 4 rings (SSSR count). The van der Waals surface area contributed by atoms with E-state index in [1.165, 1.54) is 0 Å². The van der Waals surface area contributed by atoms with Crippen molar-refractivity contribution in [3.63, 3.8) is 0 Å². The third-order valence-electron chi connectivity index (χ3n) is 4.83. The van der Waals surface area contributed by atoms with Crippen LogP contribution in [0.15, 0.2) is 42.7 Å². The molecule has 3 aromatic rings. The summed E-state index contributed by atoms with van der Waals surface area (Å²) in [4.78, 5) is 23.8. The van der Waals surface area contributed by atoms with Gasteiger partial charge >= 0.3 is 0 Å². The molecule has 0 saturated carbocycles. The molecule has 0 bridgehead atoms. The summed E-state index contributed by atoms with van der Waals surface area (Å²) in [6.45, 7) is 7.44. The van der Waals surface area contributed by atoms with Gasteiger partial charge in [0.1, 0.15) is 11.8 Å². The number of morpholine rings is 1. The van der Waals surface area contributed by atoms with Crippen LogP contribution < -0.4 is 0 Å². The van der Waals surface area contributed by atoms with E-state index in [9.17, 15) is 4.79 Å². The second-order valence-corrected chi connectivity index (χ2v) is 8.46. The van der Waals surface area contributed by atoms with Crippen LogP contribution in [0.2, 0.25) is 5.02 Å². The van der Waals surface area contributed by atoms with E-state index in [0.717, 1.165) is 22.7 Å². The zero-order chi connectivity index (χ0) is 19.9. The summed E-state index contributed by atoms with van der Waals surface area (Å²) in [5.74, 6) is 0.133. The van der Waals surface area contributed by atoms with E-state index in [1.54, 1.807) is 6.20 Å². The van der Waals surface area contributed by atoms with E-state index in [-0.39, 0.29) is 12.0 Å². The highest BCUT2D eigenvalue weighted by atomic mass is 35.5. The minimum atomic E-state index is -0.410. The fourth-order valence-corrected chi connectivity index (χ4v) is 3.57. The number of carbonyl (C=O) groups excluding carboxylic acids is 1. The number of imidazole rings is 1. The van der Waals surface area contributed by atoms with E-state index >= 15 is 0 Å². The third kappa shape index (κ3) is 3.62. The first-order valence-electron chi connectivity index (χ1n) is 9.34. The zero-order valence-corrected chi connectivity index (χ0v) is 17.0. The second-order valence-electron chi connectivity index (χ2n) is 8.03. The maximum atomic E-state index is 12.7. The van der Waals surface area contributed by atoms with Crippen molar-refractivity contribution < 1.29 is 9.53 Å². The molecule has 28 heavy (non-hydrogen) atoms. The summed E-state index contributed by atoms with van der Waals surface area (Å²) in [5, 5.41) is 0.634. The summed E-state index contributed by atoms with van der Waals surface area (Å²) in [6.07, 6.45) is 3.37. The molecule has 3 aromatic heterocycles. The lowest BCUT2D eigenvalue weighted by Crippen LogP contribution is -2.47. The number of rotatable bonds is 2. The highest BCUT2D eigenvalue weighted by molar-refractivity contribution is 6.30. The van der Waals surface area contributed by atoms with Gasteiger partial charge in [0, 0.05) is 18.2 Å². The smallest absolute Gasteiger partial charge is 0.228 e. The molecule has 0 unspecified atom stereocenters. The maximum Gasteiger partial charge on any atom is 0.228 e. The lowest BCUT2D eigenvalue weighted by molar-refractivity contribution is -0.147. The van der Waals surface area contributed by atoms with Crippen LogP contribution in [0.5, 0.6) is 0 Å².